The molecule has 1 aromatic heterocycles. The van der Waals surface area contributed by atoms with Gasteiger partial charge in [0.1, 0.15) is 0 Å². The number of rotatable bonds is 4. The van der Waals surface area contributed by atoms with Gasteiger partial charge in [0.05, 0.1) is 13.7 Å². The van der Waals surface area contributed by atoms with Gasteiger partial charge in [0.25, 0.3) is 0 Å². The van der Waals surface area contributed by atoms with Crippen LogP contribution in [0.3, 0.4) is 0 Å². The van der Waals surface area contributed by atoms with Crippen LogP contribution in [0.2, 0.25) is 0 Å². The number of benzene rings is 1. The predicted molar refractivity (Wildman–Crippen MR) is 76.1 cm³/mol. The van der Waals surface area contributed by atoms with Crippen LogP contribution < -0.4 is 0 Å². The minimum atomic E-state index is -4.71. The Morgan fingerprint density at radius 2 is 2.00 bits per heavy atom. The fourth-order valence-electron chi connectivity index (χ4n) is 1.80. The van der Waals surface area contributed by atoms with E-state index in [0.717, 1.165) is 9.96 Å². The van der Waals surface area contributed by atoms with Crippen molar-refractivity contribution >= 4 is 6.03 Å². The maximum absolute atomic E-state index is 12.5. The molecule has 2 rings (SSSR count). The van der Waals surface area contributed by atoms with Crippen LogP contribution >= 0.6 is 0 Å². The number of aromatic nitrogens is 2. The molecule has 0 bridgehead atoms. The van der Waals surface area contributed by atoms with Crippen molar-refractivity contribution in [1.82, 2.24) is 20.1 Å². The minimum Gasteiger partial charge on any atom is -0.329 e. The standard InChI is InChI=1S/C14H12F3N5O3/c1-21(8-18)13(23)22(24-2)7-9-3-5-10(6-4-9)11-19-12(25-20-11)14(15,16)17/h3-6H,7H2,1-2H3. The molecule has 11 heteroatoms. The zero-order chi connectivity index (χ0) is 18.6. The van der Waals surface area contributed by atoms with Gasteiger partial charge in [0, 0.05) is 12.6 Å². The Morgan fingerprint density at radius 1 is 1.36 bits per heavy atom. The Hall–Kier alpha value is -3.13. The van der Waals surface area contributed by atoms with Gasteiger partial charge in [-0.1, -0.05) is 29.4 Å². The molecule has 0 aliphatic rings. The summed E-state index contributed by atoms with van der Waals surface area (Å²) in [5, 5.41) is 12.9. The van der Waals surface area contributed by atoms with E-state index >= 15 is 0 Å². The first-order chi connectivity index (χ1) is 11.8. The zero-order valence-electron chi connectivity index (χ0n) is 13.1. The highest BCUT2D eigenvalue weighted by Crippen LogP contribution is 2.29. The quantitative estimate of drug-likeness (QED) is 0.475. The van der Waals surface area contributed by atoms with Crippen molar-refractivity contribution in [3.8, 4) is 17.6 Å². The van der Waals surface area contributed by atoms with Gasteiger partial charge in [-0.3, -0.25) is 4.84 Å². The molecule has 2 amide bonds. The van der Waals surface area contributed by atoms with Crippen LogP contribution in [0.25, 0.3) is 11.4 Å². The number of nitriles is 1. The third kappa shape index (κ3) is 4.24. The fourth-order valence-corrected chi connectivity index (χ4v) is 1.80. The van der Waals surface area contributed by atoms with E-state index in [1.54, 1.807) is 18.3 Å². The first-order valence-corrected chi connectivity index (χ1v) is 6.75. The summed E-state index contributed by atoms with van der Waals surface area (Å²) >= 11 is 0. The van der Waals surface area contributed by atoms with Crippen LogP contribution in [0.5, 0.6) is 0 Å². The Labute approximate surface area is 140 Å². The first-order valence-electron chi connectivity index (χ1n) is 6.75. The smallest absolute Gasteiger partial charge is 0.329 e. The van der Waals surface area contributed by atoms with Gasteiger partial charge in [-0.2, -0.15) is 28.5 Å². The third-order valence-electron chi connectivity index (χ3n) is 3.08. The summed E-state index contributed by atoms with van der Waals surface area (Å²) in [7, 11) is 2.56. The van der Waals surface area contributed by atoms with Crippen molar-refractivity contribution in [2.75, 3.05) is 14.2 Å². The second-order valence-electron chi connectivity index (χ2n) is 4.78. The normalized spacial score (nSPS) is 11.0. The highest BCUT2D eigenvalue weighted by Gasteiger charge is 2.38. The van der Waals surface area contributed by atoms with Gasteiger partial charge in [0.2, 0.25) is 5.82 Å². The van der Waals surface area contributed by atoms with E-state index in [4.69, 9.17) is 10.1 Å². The van der Waals surface area contributed by atoms with Gasteiger partial charge >= 0.3 is 18.1 Å². The van der Waals surface area contributed by atoms with E-state index in [-0.39, 0.29) is 12.4 Å². The number of carbonyl (C=O) groups excluding carboxylic acids is 1. The van der Waals surface area contributed by atoms with E-state index in [2.05, 4.69) is 14.7 Å². The lowest BCUT2D eigenvalue weighted by Gasteiger charge is -2.21. The van der Waals surface area contributed by atoms with Crippen LogP contribution in [0.1, 0.15) is 11.5 Å². The number of carbonyl (C=O) groups is 1. The molecular weight excluding hydrogens is 343 g/mol. The van der Waals surface area contributed by atoms with Crippen molar-refractivity contribution in [3.63, 3.8) is 0 Å². The van der Waals surface area contributed by atoms with Crippen molar-refractivity contribution < 1.29 is 27.3 Å². The van der Waals surface area contributed by atoms with Gasteiger partial charge in [-0.15, -0.1) is 0 Å². The fraction of sp³-hybridized carbons (Fsp3) is 0.286. The summed E-state index contributed by atoms with van der Waals surface area (Å²) in [6, 6.07) is 5.41. The van der Waals surface area contributed by atoms with E-state index < -0.39 is 18.1 Å². The lowest BCUT2D eigenvalue weighted by atomic mass is 10.1. The summed E-state index contributed by atoms with van der Waals surface area (Å²) < 4.78 is 41.5. The minimum absolute atomic E-state index is 0.0294. The van der Waals surface area contributed by atoms with Crippen LogP contribution in [-0.4, -0.2) is 40.3 Å². The van der Waals surface area contributed by atoms with Crippen molar-refractivity contribution in [1.29, 1.82) is 5.26 Å². The molecule has 132 valence electrons. The second-order valence-corrected chi connectivity index (χ2v) is 4.78. The van der Waals surface area contributed by atoms with E-state index in [1.807, 2.05) is 0 Å². The largest absolute Gasteiger partial charge is 0.471 e. The molecule has 0 unspecified atom stereocenters. The number of amides is 2. The molecule has 1 heterocycles. The molecule has 1 aromatic carbocycles. The molecule has 0 atom stereocenters. The third-order valence-corrected chi connectivity index (χ3v) is 3.08. The number of halogens is 3. The Bertz CT molecular complexity index is 782. The van der Waals surface area contributed by atoms with Crippen LogP contribution in [-0.2, 0) is 17.6 Å². The number of hydroxylamine groups is 2. The molecular formula is C14H12F3N5O3. The monoisotopic (exact) mass is 355 g/mol. The maximum atomic E-state index is 12.5. The van der Waals surface area contributed by atoms with Gasteiger partial charge in [-0.25, -0.2) is 9.69 Å². The lowest BCUT2D eigenvalue weighted by Crippen LogP contribution is -2.37. The molecule has 0 saturated heterocycles. The maximum Gasteiger partial charge on any atom is 0.471 e. The summed E-state index contributed by atoms with van der Waals surface area (Å²) in [6.45, 7) is 0.0294. The summed E-state index contributed by atoms with van der Waals surface area (Å²) in [5.41, 5.74) is 0.928. The predicted octanol–water partition coefficient (Wildman–Crippen LogP) is 2.65. The van der Waals surface area contributed by atoms with Crippen LogP contribution in [0.4, 0.5) is 18.0 Å². The summed E-state index contributed by atoms with van der Waals surface area (Å²) in [5.74, 6) is -1.63. The van der Waals surface area contributed by atoms with E-state index in [1.165, 1.54) is 26.3 Å². The molecule has 0 spiro atoms. The molecule has 0 N–H and O–H groups in total. The Balaban J connectivity index is 2.13. The van der Waals surface area contributed by atoms with Gasteiger partial charge in [0.15, 0.2) is 6.19 Å². The van der Waals surface area contributed by atoms with Crippen LogP contribution in [0, 0.1) is 11.5 Å². The number of hydrogen-bond acceptors (Lipinski definition) is 6. The molecule has 0 radical (unpaired) electrons. The zero-order valence-corrected chi connectivity index (χ0v) is 13.1. The first kappa shape index (κ1) is 18.2. The molecule has 0 aliphatic heterocycles. The summed E-state index contributed by atoms with van der Waals surface area (Å²) in [6.07, 6.45) is -3.06. The average Bonchev–Trinajstić information content (AvgIpc) is 3.09. The molecule has 25 heavy (non-hydrogen) atoms. The number of alkyl halides is 3. The molecule has 0 fully saturated rings. The molecule has 2 aromatic rings. The second kappa shape index (κ2) is 7.18. The molecule has 0 aliphatic carbocycles. The SMILES string of the molecule is CON(Cc1ccc(-c2noc(C(F)(F)F)n2)cc1)C(=O)N(C)C#N. The number of hydrogen-bond donors (Lipinski definition) is 0. The van der Waals surface area contributed by atoms with E-state index in [0.29, 0.717) is 11.1 Å². The molecule has 0 saturated carbocycles. The number of nitrogens with zero attached hydrogens (tertiary/aromatic N) is 5. The summed E-state index contributed by atoms with van der Waals surface area (Å²) in [4.78, 5) is 20.9. The van der Waals surface area contributed by atoms with E-state index in [9.17, 15) is 18.0 Å². The van der Waals surface area contributed by atoms with Crippen molar-refractivity contribution in [2.45, 2.75) is 12.7 Å². The van der Waals surface area contributed by atoms with Gasteiger partial charge in [-0.05, 0) is 5.56 Å². The van der Waals surface area contributed by atoms with Crippen molar-refractivity contribution in [3.05, 3.63) is 35.7 Å². The Kier molecular flexibility index (Phi) is 5.23. The van der Waals surface area contributed by atoms with Crippen LogP contribution in [0.15, 0.2) is 28.8 Å². The average molecular weight is 355 g/mol. The highest BCUT2D eigenvalue weighted by molar-refractivity contribution is 5.74. The topological polar surface area (TPSA) is 95.5 Å². The highest BCUT2D eigenvalue weighted by atomic mass is 19.4. The van der Waals surface area contributed by atoms with Gasteiger partial charge < -0.3 is 4.52 Å². The number of urea groups is 1. The lowest BCUT2D eigenvalue weighted by molar-refractivity contribution is -0.159. The molecule has 8 nitrogen and oxygen atoms in total. The van der Waals surface area contributed by atoms with Crippen molar-refractivity contribution in [2.24, 2.45) is 0 Å². The Morgan fingerprint density at radius 3 is 2.48 bits per heavy atom.